The van der Waals surface area contributed by atoms with E-state index in [0.29, 0.717) is 17.2 Å². The van der Waals surface area contributed by atoms with Crippen molar-refractivity contribution in [3.63, 3.8) is 0 Å². The molecule has 1 N–H and O–H groups in total. The van der Waals surface area contributed by atoms with Crippen LogP contribution < -0.4 is 4.74 Å². The van der Waals surface area contributed by atoms with Gasteiger partial charge in [-0.25, -0.2) is 9.59 Å². The van der Waals surface area contributed by atoms with E-state index in [1.165, 1.54) is 18.2 Å². The molecule has 0 spiro atoms. The minimum Gasteiger partial charge on any atom is -0.478 e. The highest BCUT2D eigenvalue weighted by Crippen LogP contribution is 2.24. The Balaban J connectivity index is 2.12. The van der Waals surface area contributed by atoms with Crippen molar-refractivity contribution in [2.75, 3.05) is 0 Å². The van der Waals surface area contributed by atoms with Crippen molar-refractivity contribution in [2.45, 2.75) is 0 Å². The summed E-state index contributed by atoms with van der Waals surface area (Å²) in [5.41, 5.74) is 0.687. The summed E-state index contributed by atoms with van der Waals surface area (Å²) in [6.07, 6.45) is 1.45. The first-order valence-corrected chi connectivity index (χ1v) is 5.38. The fraction of sp³-hybridized carbons (Fsp3) is 0. The van der Waals surface area contributed by atoms with Crippen LogP contribution in [-0.4, -0.2) is 17.2 Å². The summed E-state index contributed by atoms with van der Waals surface area (Å²) in [5, 5.41) is 8.76. The molecule has 0 atom stereocenters. The molecule has 5 heteroatoms. The van der Waals surface area contributed by atoms with Crippen molar-refractivity contribution in [3.05, 3.63) is 54.1 Å². The highest BCUT2D eigenvalue weighted by molar-refractivity contribution is 5.87. The molecule has 0 aliphatic rings. The number of hydrogen-bond donors (Lipinski definition) is 1. The number of carbonyl (C=O) groups is 1. The molecule has 0 aromatic heterocycles. The zero-order valence-electron chi connectivity index (χ0n) is 9.74. The smallest absolute Gasteiger partial charge is 0.335 e. The van der Waals surface area contributed by atoms with Crippen LogP contribution in [0.4, 0.5) is 5.69 Å². The van der Waals surface area contributed by atoms with Crippen LogP contribution in [0.5, 0.6) is 11.5 Å². The van der Waals surface area contributed by atoms with Crippen molar-refractivity contribution in [2.24, 2.45) is 4.99 Å². The molecule has 2 aromatic carbocycles. The predicted molar refractivity (Wildman–Crippen MR) is 67.7 cm³/mol. The van der Waals surface area contributed by atoms with Gasteiger partial charge in [0, 0.05) is 0 Å². The van der Waals surface area contributed by atoms with E-state index in [4.69, 9.17) is 9.84 Å². The summed E-state index contributed by atoms with van der Waals surface area (Å²) in [5.74, 6) is 0.104. The maximum Gasteiger partial charge on any atom is 0.335 e. The number of aliphatic imine (C=N–C) groups is 1. The molecule has 0 saturated heterocycles. The molecular formula is C14H9NO4. The Morgan fingerprint density at radius 3 is 2.00 bits per heavy atom. The van der Waals surface area contributed by atoms with Gasteiger partial charge in [0.1, 0.15) is 11.5 Å². The summed E-state index contributed by atoms with van der Waals surface area (Å²) in [4.78, 5) is 24.2. The Hall–Kier alpha value is -2.91. The zero-order chi connectivity index (χ0) is 13.7. The predicted octanol–water partition coefficient (Wildman–Crippen LogP) is 3.14. The highest BCUT2D eigenvalue weighted by Gasteiger charge is 2.03. The maximum absolute atomic E-state index is 10.7. The molecule has 19 heavy (non-hydrogen) atoms. The van der Waals surface area contributed by atoms with E-state index in [0.717, 1.165) is 0 Å². The normalized spacial score (nSPS) is 9.47. The molecule has 0 unspecified atom stereocenters. The van der Waals surface area contributed by atoms with Crippen LogP contribution in [0.2, 0.25) is 0 Å². The zero-order valence-corrected chi connectivity index (χ0v) is 9.74. The standard InChI is InChI=1S/C14H9NO4/c16-9-15-11-3-7-13(8-4-11)19-12-5-1-10(2-6-12)14(17)18/h1-8H,(H,17,18). The molecule has 0 bridgehead atoms. The van der Waals surface area contributed by atoms with Crippen molar-refractivity contribution in [3.8, 4) is 11.5 Å². The van der Waals surface area contributed by atoms with Crippen molar-refractivity contribution in [1.29, 1.82) is 0 Å². The second-order valence-electron chi connectivity index (χ2n) is 3.63. The van der Waals surface area contributed by atoms with Crippen LogP contribution in [0.15, 0.2) is 53.5 Å². The molecule has 5 nitrogen and oxygen atoms in total. The first-order valence-electron chi connectivity index (χ1n) is 5.38. The van der Waals surface area contributed by atoms with Crippen LogP contribution >= 0.6 is 0 Å². The number of benzene rings is 2. The summed E-state index contributed by atoms with van der Waals surface area (Å²) >= 11 is 0. The van der Waals surface area contributed by atoms with E-state index in [1.807, 2.05) is 0 Å². The first-order chi connectivity index (χ1) is 9.19. The summed E-state index contributed by atoms with van der Waals surface area (Å²) in [6, 6.07) is 12.6. The van der Waals surface area contributed by atoms with Gasteiger partial charge in [-0.2, -0.15) is 4.99 Å². The molecular weight excluding hydrogens is 246 g/mol. The summed E-state index contributed by atoms with van der Waals surface area (Å²) in [6.45, 7) is 0. The van der Waals surface area contributed by atoms with E-state index in [9.17, 15) is 9.59 Å². The quantitative estimate of drug-likeness (QED) is 0.672. The molecule has 0 saturated carbocycles. The van der Waals surface area contributed by atoms with Crippen LogP contribution in [0.25, 0.3) is 0 Å². The molecule has 2 aromatic rings. The number of carboxylic acid groups (broad SMARTS) is 1. The first kappa shape index (κ1) is 12.5. The Morgan fingerprint density at radius 1 is 1.00 bits per heavy atom. The fourth-order valence-corrected chi connectivity index (χ4v) is 1.44. The third-order valence-corrected chi connectivity index (χ3v) is 2.35. The van der Waals surface area contributed by atoms with Gasteiger partial charge < -0.3 is 9.84 Å². The Bertz CT molecular complexity index is 582. The fourth-order valence-electron chi connectivity index (χ4n) is 1.44. The molecule has 94 valence electrons. The SMILES string of the molecule is O=C=Nc1ccc(Oc2ccc(C(=O)O)cc2)cc1. The molecule has 0 aliphatic heterocycles. The van der Waals surface area contributed by atoms with Gasteiger partial charge in [-0.1, -0.05) is 0 Å². The van der Waals surface area contributed by atoms with E-state index >= 15 is 0 Å². The largest absolute Gasteiger partial charge is 0.478 e. The highest BCUT2D eigenvalue weighted by atomic mass is 16.5. The van der Waals surface area contributed by atoms with E-state index in [-0.39, 0.29) is 5.56 Å². The van der Waals surface area contributed by atoms with E-state index in [2.05, 4.69) is 4.99 Å². The summed E-state index contributed by atoms with van der Waals surface area (Å²) in [7, 11) is 0. The number of rotatable bonds is 4. The third-order valence-electron chi connectivity index (χ3n) is 2.35. The number of hydrogen-bond acceptors (Lipinski definition) is 4. The Kier molecular flexibility index (Phi) is 3.71. The minimum absolute atomic E-state index is 0.197. The van der Waals surface area contributed by atoms with Crippen LogP contribution in [0.1, 0.15) is 10.4 Å². The van der Waals surface area contributed by atoms with Gasteiger partial charge in [0.15, 0.2) is 0 Å². The maximum atomic E-state index is 10.7. The lowest BCUT2D eigenvalue weighted by molar-refractivity contribution is 0.0697. The average Bonchev–Trinajstić information content (AvgIpc) is 2.42. The van der Waals surface area contributed by atoms with Gasteiger partial charge in [-0.05, 0) is 48.5 Å². The second-order valence-corrected chi connectivity index (χ2v) is 3.63. The minimum atomic E-state index is -0.984. The lowest BCUT2D eigenvalue weighted by Crippen LogP contribution is -1.95. The molecule has 2 rings (SSSR count). The van der Waals surface area contributed by atoms with Gasteiger partial charge in [-0.3, -0.25) is 0 Å². The van der Waals surface area contributed by atoms with Gasteiger partial charge in [0.05, 0.1) is 11.3 Å². The van der Waals surface area contributed by atoms with Gasteiger partial charge in [-0.15, -0.1) is 0 Å². The van der Waals surface area contributed by atoms with Crippen molar-refractivity contribution >= 4 is 17.7 Å². The number of aromatic carboxylic acids is 1. The molecule has 0 fully saturated rings. The van der Waals surface area contributed by atoms with Crippen molar-refractivity contribution in [1.82, 2.24) is 0 Å². The van der Waals surface area contributed by atoms with Crippen molar-refractivity contribution < 1.29 is 19.4 Å². The molecule has 0 amide bonds. The Labute approximate surface area is 108 Å². The van der Waals surface area contributed by atoms with E-state index in [1.54, 1.807) is 36.4 Å². The molecule has 0 heterocycles. The number of ether oxygens (including phenoxy) is 1. The number of nitrogens with zero attached hydrogens (tertiary/aromatic N) is 1. The lowest BCUT2D eigenvalue weighted by atomic mass is 10.2. The number of carbonyl (C=O) groups excluding carboxylic acids is 1. The van der Waals surface area contributed by atoms with Gasteiger partial charge in [0.2, 0.25) is 6.08 Å². The third kappa shape index (κ3) is 3.28. The van der Waals surface area contributed by atoms with Gasteiger partial charge >= 0.3 is 5.97 Å². The second kappa shape index (κ2) is 5.62. The topological polar surface area (TPSA) is 76.0 Å². The van der Waals surface area contributed by atoms with Crippen LogP contribution in [0, 0.1) is 0 Å². The number of carboxylic acids is 1. The lowest BCUT2D eigenvalue weighted by Gasteiger charge is -2.05. The summed E-state index contributed by atoms with van der Waals surface area (Å²) < 4.78 is 5.51. The average molecular weight is 255 g/mol. The van der Waals surface area contributed by atoms with E-state index < -0.39 is 5.97 Å². The molecule has 0 aliphatic carbocycles. The van der Waals surface area contributed by atoms with Crippen LogP contribution in [0.3, 0.4) is 0 Å². The Morgan fingerprint density at radius 2 is 1.53 bits per heavy atom. The van der Waals surface area contributed by atoms with Crippen LogP contribution in [-0.2, 0) is 4.79 Å². The number of isocyanates is 1. The van der Waals surface area contributed by atoms with Gasteiger partial charge in [0.25, 0.3) is 0 Å². The molecule has 0 radical (unpaired) electrons. The monoisotopic (exact) mass is 255 g/mol.